The molecule has 0 radical (unpaired) electrons. The Hall–Kier alpha value is -4.61. The van der Waals surface area contributed by atoms with Crippen molar-refractivity contribution in [2.45, 2.75) is 25.4 Å². The molecule has 42 heavy (non-hydrogen) atoms. The van der Waals surface area contributed by atoms with Gasteiger partial charge in [-0.05, 0) is 44.2 Å². The third-order valence-electron chi connectivity index (χ3n) is 7.45. The second-order valence-electron chi connectivity index (χ2n) is 10.0. The molecule has 13 heteroatoms. The molecule has 3 N–H and O–H groups in total. The molecule has 2 aromatic carbocycles. The van der Waals surface area contributed by atoms with E-state index in [1.165, 1.54) is 37.3 Å². The number of ether oxygens (including phenoxy) is 2. The van der Waals surface area contributed by atoms with Crippen molar-refractivity contribution in [3.8, 4) is 23.0 Å². The summed E-state index contributed by atoms with van der Waals surface area (Å²) in [6, 6.07) is 10.7. The van der Waals surface area contributed by atoms with Crippen LogP contribution in [0.4, 0.5) is 11.4 Å². The highest BCUT2D eigenvalue weighted by atomic mass is 35.5. The van der Waals surface area contributed by atoms with Gasteiger partial charge in [0, 0.05) is 40.3 Å². The predicted octanol–water partition coefficient (Wildman–Crippen LogP) is 4.81. The smallest absolute Gasteiger partial charge is 0.280 e. The molecule has 11 nitrogen and oxygen atoms in total. The number of pyridine rings is 1. The van der Waals surface area contributed by atoms with E-state index < -0.39 is 23.3 Å². The molecule has 0 fully saturated rings. The summed E-state index contributed by atoms with van der Waals surface area (Å²) in [5, 5.41) is 3.35. The van der Waals surface area contributed by atoms with E-state index in [0.29, 0.717) is 45.0 Å². The van der Waals surface area contributed by atoms with Gasteiger partial charge in [-0.1, -0.05) is 29.3 Å². The normalized spacial score (nSPS) is 17.1. The second kappa shape index (κ2) is 9.74. The highest BCUT2D eigenvalue weighted by molar-refractivity contribution is 6.34. The van der Waals surface area contributed by atoms with Gasteiger partial charge in [0.1, 0.15) is 11.6 Å². The van der Waals surface area contributed by atoms with Gasteiger partial charge in [-0.2, -0.15) is 0 Å². The van der Waals surface area contributed by atoms with E-state index in [1.54, 1.807) is 30.5 Å². The fourth-order valence-electron chi connectivity index (χ4n) is 5.73. The Kier molecular flexibility index (Phi) is 6.39. The first-order chi connectivity index (χ1) is 20.0. The van der Waals surface area contributed by atoms with Crippen molar-refractivity contribution >= 4 is 52.3 Å². The summed E-state index contributed by atoms with van der Waals surface area (Å²) in [7, 11) is 3.00. The third-order valence-corrected chi connectivity index (χ3v) is 7.99. The van der Waals surface area contributed by atoms with Crippen LogP contribution in [-0.2, 0) is 10.3 Å². The Morgan fingerprint density at radius 1 is 1.07 bits per heavy atom. The number of fused-ring (bicyclic) bond motifs is 4. The number of carbonyl (C=O) groups is 3. The van der Waals surface area contributed by atoms with Crippen molar-refractivity contribution in [3.63, 3.8) is 0 Å². The Bertz CT molecular complexity index is 1840. The molecule has 214 valence electrons. The van der Waals surface area contributed by atoms with Crippen LogP contribution in [0.15, 0.2) is 48.7 Å². The standard InChI is InChI=1S/C29H24Cl2N6O5/c1-13(2)36-24-23(35-26(36)17-12-33-22(42-4)11-21(17)41-3)27(39)37(15-6-7-16(25(32)38)19(31)10-15)29(24)18-8-5-14(30)9-20(18)34-28(29)40/h5-13H,1-4H3,(H2,32,38)(H,34,40)/t29-/m1/s1. The number of nitrogens with two attached hydrogens (primary N) is 1. The Morgan fingerprint density at radius 2 is 1.83 bits per heavy atom. The van der Waals surface area contributed by atoms with Crippen LogP contribution in [0, 0.1) is 0 Å². The monoisotopic (exact) mass is 606 g/mol. The van der Waals surface area contributed by atoms with Gasteiger partial charge in [0.2, 0.25) is 11.8 Å². The number of halogens is 2. The Balaban J connectivity index is 1.69. The number of aromatic nitrogens is 3. The summed E-state index contributed by atoms with van der Waals surface area (Å²) in [6.07, 6.45) is 1.55. The zero-order valence-corrected chi connectivity index (χ0v) is 24.4. The Morgan fingerprint density at radius 3 is 2.48 bits per heavy atom. The molecule has 4 aromatic rings. The number of carbonyl (C=O) groups excluding carboxylic acids is 3. The van der Waals surface area contributed by atoms with Gasteiger partial charge >= 0.3 is 0 Å². The number of benzene rings is 2. The van der Waals surface area contributed by atoms with Crippen LogP contribution in [-0.4, -0.2) is 46.5 Å². The molecule has 4 heterocycles. The van der Waals surface area contributed by atoms with Gasteiger partial charge in [-0.25, -0.2) is 9.97 Å². The summed E-state index contributed by atoms with van der Waals surface area (Å²) in [5.41, 5.74) is 5.95. The summed E-state index contributed by atoms with van der Waals surface area (Å²) in [4.78, 5) is 51.1. The van der Waals surface area contributed by atoms with E-state index in [4.69, 9.17) is 43.4 Å². The van der Waals surface area contributed by atoms with Crippen LogP contribution in [0.25, 0.3) is 11.4 Å². The molecule has 0 saturated heterocycles. The van der Waals surface area contributed by atoms with Crippen molar-refractivity contribution in [1.82, 2.24) is 14.5 Å². The lowest BCUT2D eigenvalue weighted by molar-refractivity contribution is -0.119. The molecule has 0 aliphatic carbocycles. The van der Waals surface area contributed by atoms with E-state index >= 15 is 0 Å². The first kappa shape index (κ1) is 27.6. The fraction of sp³-hybridized carbons (Fsp3) is 0.207. The van der Waals surface area contributed by atoms with Crippen molar-refractivity contribution in [2.75, 3.05) is 24.4 Å². The number of rotatable bonds is 6. The van der Waals surface area contributed by atoms with E-state index in [0.717, 1.165) is 0 Å². The number of anilines is 2. The highest BCUT2D eigenvalue weighted by Gasteiger charge is 2.64. The summed E-state index contributed by atoms with van der Waals surface area (Å²) < 4.78 is 12.7. The van der Waals surface area contributed by atoms with Crippen molar-refractivity contribution in [2.24, 2.45) is 5.73 Å². The van der Waals surface area contributed by atoms with E-state index in [9.17, 15) is 14.4 Å². The molecule has 1 spiro atoms. The number of hydrogen-bond donors (Lipinski definition) is 2. The molecule has 2 aliphatic heterocycles. The molecule has 0 unspecified atom stereocenters. The fourth-order valence-corrected chi connectivity index (χ4v) is 6.17. The minimum Gasteiger partial charge on any atom is -0.496 e. The van der Waals surface area contributed by atoms with Gasteiger partial charge in [-0.15, -0.1) is 0 Å². The van der Waals surface area contributed by atoms with Crippen LogP contribution in [0.5, 0.6) is 11.6 Å². The maximum atomic E-state index is 14.4. The zero-order valence-electron chi connectivity index (χ0n) is 22.9. The van der Waals surface area contributed by atoms with Crippen LogP contribution < -0.4 is 25.4 Å². The van der Waals surface area contributed by atoms with Crippen LogP contribution in [0.2, 0.25) is 10.0 Å². The van der Waals surface area contributed by atoms with Gasteiger partial charge in [0.25, 0.3) is 11.8 Å². The van der Waals surface area contributed by atoms with Crippen LogP contribution in [0.1, 0.15) is 52.0 Å². The Labute approximate surface area is 250 Å². The van der Waals surface area contributed by atoms with E-state index in [2.05, 4.69) is 10.3 Å². The third kappa shape index (κ3) is 3.70. The molecular formula is C29H24Cl2N6O5. The second-order valence-corrected chi connectivity index (χ2v) is 10.9. The minimum atomic E-state index is -1.70. The van der Waals surface area contributed by atoms with Gasteiger partial charge in [0.15, 0.2) is 11.2 Å². The molecule has 1 atom stereocenters. The molecule has 3 amide bonds. The highest BCUT2D eigenvalue weighted by Crippen LogP contribution is 2.55. The van der Waals surface area contributed by atoms with Crippen molar-refractivity contribution in [1.29, 1.82) is 0 Å². The molecule has 0 saturated carbocycles. The van der Waals surface area contributed by atoms with E-state index in [1.807, 2.05) is 18.4 Å². The largest absolute Gasteiger partial charge is 0.496 e. The van der Waals surface area contributed by atoms with Gasteiger partial charge < -0.3 is 25.1 Å². The minimum absolute atomic E-state index is 0.0312. The zero-order chi connectivity index (χ0) is 30.1. The lowest BCUT2D eigenvalue weighted by Crippen LogP contribution is -2.51. The molecule has 0 bridgehead atoms. The molecule has 2 aliphatic rings. The van der Waals surface area contributed by atoms with E-state index in [-0.39, 0.29) is 28.0 Å². The lowest BCUT2D eigenvalue weighted by atomic mass is 9.87. The number of nitrogens with one attached hydrogen (secondary N) is 1. The van der Waals surface area contributed by atoms with Crippen LogP contribution in [0.3, 0.4) is 0 Å². The average Bonchev–Trinajstić information content (AvgIpc) is 3.56. The number of nitrogens with zero attached hydrogens (tertiary/aromatic N) is 4. The maximum Gasteiger partial charge on any atom is 0.280 e. The number of imidazole rings is 1. The molecule has 2 aromatic heterocycles. The topological polar surface area (TPSA) is 142 Å². The summed E-state index contributed by atoms with van der Waals surface area (Å²) in [5.74, 6) is -0.631. The first-order valence-corrected chi connectivity index (χ1v) is 13.6. The predicted molar refractivity (Wildman–Crippen MR) is 157 cm³/mol. The maximum absolute atomic E-state index is 14.4. The average molecular weight is 607 g/mol. The number of methoxy groups -OCH3 is 2. The molecular weight excluding hydrogens is 583 g/mol. The lowest BCUT2D eigenvalue weighted by Gasteiger charge is -2.36. The number of hydrogen-bond acceptors (Lipinski definition) is 7. The van der Waals surface area contributed by atoms with Gasteiger partial charge in [0.05, 0.1) is 36.1 Å². The van der Waals surface area contributed by atoms with Crippen molar-refractivity contribution in [3.05, 3.63) is 81.2 Å². The summed E-state index contributed by atoms with van der Waals surface area (Å²) >= 11 is 12.7. The molecule has 6 rings (SSSR count). The number of primary amides is 1. The first-order valence-electron chi connectivity index (χ1n) is 12.8. The summed E-state index contributed by atoms with van der Waals surface area (Å²) in [6.45, 7) is 3.84. The number of amides is 3. The quantitative estimate of drug-likeness (QED) is 0.321. The van der Waals surface area contributed by atoms with Gasteiger partial charge in [-0.3, -0.25) is 19.3 Å². The SMILES string of the molecule is COc1cc(OC)c(-c2nc3c(n2C(C)C)[C@]2(C(=O)Nc4cc(Cl)ccc42)N(c2ccc(C(N)=O)c(Cl)c2)C3=O)cn1. The van der Waals surface area contributed by atoms with Crippen LogP contribution >= 0.6 is 23.2 Å². The van der Waals surface area contributed by atoms with Crippen molar-refractivity contribution < 1.29 is 23.9 Å².